The van der Waals surface area contributed by atoms with Crippen LogP contribution in [0.5, 0.6) is 5.75 Å². The quantitative estimate of drug-likeness (QED) is 0.391. The Morgan fingerprint density at radius 3 is 2.36 bits per heavy atom. The molecule has 0 unspecified atom stereocenters. The van der Waals surface area contributed by atoms with E-state index in [4.69, 9.17) is 16.3 Å². The van der Waals surface area contributed by atoms with Gasteiger partial charge in [-0.3, -0.25) is 0 Å². The summed E-state index contributed by atoms with van der Waals surface area (Å²) in [5.41, 5.74) is 4.07. The summed E-state index contributed by atoms with van der Waals surface area (Å²) in [6, 6.07) is 22.1. The van der Waals surface area contributed by atoms with Gasteiger partial charge >= 0.3 is 6.03 Å². The van der Waals surface area contributed by atoms with Crippen LogP contribution in [0.2, 0.25) is 5.02 Å². The van der Waals surface area contributed by atoms with Gasteiger partial charge in [0.05, 0.1) is 18.5 Å². The molecule has 1 aromatic heterocycles. The number of benzene rings is 3. The van der Waals surface area contributed by atoms with Gasteiger partial charge < -0.3 is 20.4 Å². The summed E-state index contributed by atoms with van der Waals surface area (Å²) in [6.07, 6.45) is 0. The molecule has 28 heavy (non-hydrogen) atoms. The maximum Gasteiger partial charge on any atom is 0.323 e. The third-order valence-electron chi connectivity index (χ3n) is 4.43. The number of methoxy groups -OCH3 is 1. The van der Waals surface area contributed by atoms with Crippen LogP contribution in [0.1, 0.15) is 0 Å². The zero-order valence-electron chi connectivity index (χ0n) is 15.1. The first-order valence-corrected chi connectivity index (χ1v) is 9.10. The van der Waals surface area contributed by atoms with Crippen LogP contribution in [0, 0.1) is 0 Å². The van der Waals surface area contributed by atoms with Gasteiger partial charge in [0, 0.05) is 27.2 Å². The number of ether oxygens (including phenoxy) is 1. The van der Waals surface area contributed by atoms with Crippen LogP contribution in [-0.4, -0.2) is 18.1 Å². The van der Waals surface area contributed by atoms with E-state index in [-0.39, 0.29) is 6.03 Å². The van der Waals surface area contributed by atoms with E-state index in [1.54, 1.807) is 31.4 Å². The van der Waals surface area contributed by atoms with Crippen LogP contribution < -0.4 is 15.4 Å². The van der Waals surface area contributed by atoms with Crippen molar-refractivity contribution in [3.63, 3.8) is 0 Å². The SMILES string of the molecule is COc1ccc(NC(=O)Nc2c(-c3ccc(Cl)cc3)[nH]c3ccccc23)cc1. The second kappa shape index (κ2) is 7.66. The zero-order chi connectivity index (χ0) is 19.5. The standard InChI is InChI=1S/C22H18ClN3O2/c1-28-17-12-10-16(11-13-17)24-22(27)26-21-18-4-2-3-5-19(18)25-20(21)14-6-8-15(23)9-7-14/h2-13,25H,1H3,(H2,24,26,27). The predicted molar refractivity (Wildman–Crippen MR) is 114 cm³/mol. The lowest BCUT2D eigenvalue weighted by Crippen LogP contribution is -2.19. The third kappa shape index (κ3) is 3.66. The minimum Gasteiger partial charge on any atom is -0.497 e. The Balaban J connectivity index is 1.65. The van der Waals surface area contributed by atoms with Crippen molar-refractivity contribution < 1.29 is 9.53 Å². The number of hydrogen-bond donors (Lipinski definition) is 3. The van der Waals surface area contributed by atoms with Gasteiger partial charge in [0.25, 0.3) is 0 Å². The summed E-state index contributed by atoms with van der Waals surface area (Å²) in [5, 5.41) is 7.41. The number of carbonyl (C=O) groups excluding carboxylic acids is 1. The number of urea groups is 1. The minimum atomic E-state index is -0.329. The highest BCUT2D eigenvalue weighted by molar-refractivity contribution is 6.30. The number of nitrogens with one attached hydrogen (secondary N) is 3. The molecule has 1 heterocycles. The number of rotatable bonds is 4. The first kappa shape index (κ1) is 17.9. The lowest BCUT2D eigenvalue weighted by Gasteiger charge is -2.10. The lowest BCUT2D eigenvalue weighted by molar-refractivity contribution is 0.262. The molecule has 0 radical (unpaired) electrons. The van der Waals surface area contributed by atoms with E-state index in [2.05, 4.69) is 15.6 Å². The van der Waals surface area contributed by atoms with Crippen molar-refractivity contribution in [3.05, 3.63) is 77.8 Å². The van der Waals surface area contributed by atoms with Gasteiger partial charge in [-0.25, -0.2) is 4.79 Å². The Hall–Kier alpha value is -3.44. The first-order valence-electron chi connectivity index (χ1n) is 8.73. The molecule has 2 amide bonds. The monoisotopic (exact) mass is 391 g/mol. The summed E-state index contributed by atoms with van der Waals surface area (Å²) in [7, 11) is 1.60. The van der Waals surface area contributed by atoms with E-state index < -0.39 is 0 Å². The number of carbonyl (C=O) groups is 1. The van der Waals surface area contributed by atoms with Crippen molar-refractivity contribution >= 4 is 39.9 Å². The fourth-order valence-electron chi connectivity index (χ4n) is 3.06. The molecule has 6 heteroatoms. The predicted octanol–water partition coefficient (Wildman–Crippen LogP) is 6.14. The maximum atomic E-state index is 12.6. The Morgan fingerprint density at radius 1 is 0.929 bits per heavy atom. The molecule has 0 aliphatic carbocycles. The van der Waals surface area contributed by atoms with Gasteiger partial charge in [0.15, 0.2) is 0 Å². The van der Waals surface area contributed by atoms with E-state index in [0.29, 0.717) is 16.4 Å². The van der Waals surface area contributed by atoms with Crippen molar-refractivity contribution in [1.82, 2.24) is 4.98 Å². The number of halogens is 1. The molecule has 0 saturated carbocycles. The molecule has 0 aliphatic heterocycles. The highest BCUT2D eigenvalue weighted by Gasteiger charge is 2.15. The van der Waals surface area contributed by atoms with Gasteiger partial charge in [-0.05, 0) is 42.5 Å². The summed E-state index contributed by atoms with van der Waals surface area (Å²) >= 11 is 6.01. The fraction of sp³-hybridized carbons (Fsp3) is 0.0455. The molecule has 0 spiro atoms. The number of anilines is 2. The largest absolute Gasteiger partial charge is 0.497 e. The topological polar surface area (TPSA) is 66.2 Å². The zero-order valence-corrected chi connectivity index (χ0v) is 15.9. The smallest absolute Gasteiger partial charge is 0.323 e. The molecule has 0 saturated heterocycles. The summed E-state index contributed by atoms with van der Waals surface area (Å²) < 4.78 is 5.14. The highest BCUT2D eigenvalue weighted by Crippen LogP contribution is 2.35. The van der Waals surface area contributed by atoms with Gasteiger partial charge in [-0.2, -0.15) is 0 Å². The number of para-hydroxylation sites is 1. The highest BCUT2D eigenvalue weighted by atomic mass is 35.5. The van der Waals surface area contributed by atoms with Gasteiger partial charge in [0.2, 0.25) is 0 Å². The molecular formula is C22H18ClN3O2. The Morgan fingerprint density at radius 2 is 1.64 bits per heavy atom. The number of hydrogen-bond acceptors (Lipinski definition) is 2. The van der Waals surface area contributed by atoms with Gasteiger partial charge in [-0.15, -0.1) is 0 Å². The first-order chi connectivity index (χ1) is 13.6. The van der Waals surface area contributed by atoms with E-state index in [9.17, 15) is 4.79 Å². The molecule has 0 aliphatic rings. The van der Waals surface area contributed by atoms with Crippen LogP contribution in [0.15, 0.2) is 72.8 Å². The molecule has 0 bridgehead atoms. The van der Waals surface area contributed by atoms with Crippen LogP contribution in [0.4, 0.5) is 16.2 Å². The Kier molecular flexibility index (Phi) is 4.91. The molecule has 3 aromatic carbocycles. The van der Waals surface area contributed by atoms with Gasteiger partial charge in [-0.1, -0.05) is 41.9 Å². The molecule has 5 nitrogen and oxygen atoms in total. The number of fused-ring (bicyclic) bond motifs is 1. The van der Waals surface area contributed by atoms with Crippen molar-refractivity contribution in [1.29, 1.82) is 0 Å². The van der Waals surface area contributed by atoms with E-state index >= 15 is 0 Å². The number of amides is 2. The van der Waals surface area contributed by atoms with Crippen molar-refractivity contribution in [2.75, 3.05) is 17.7 Å². The normalized spacial score (nSPS) is 10.6. The third-order valence-corrected chi connectivity index (χ3v) is 4.68. The number of aromatic nitrogens is 1. The minimum absolute atomic E-state index is 0.329. The summed E-state index contributed by atoms with van der Waals surface area (Å²) in [6.45, 7) is 0. The maximum absolute atomic E-state index is 12.6. The molecule has 0 atom stereocenters. The van der Waals surface area contributed by atoms with E-state index in [1.807, 2.05) is 48.5 Å². The molecule has 4 aromatic rings. The fourth-order valence-corrected chi connectivity index (χ4v) is 3.18. The summed E-state index contributed by atoms with van der Waals surface area (Å²) in [4.78, 5) is 16.0. The van der Waals surface area contributed by atoms with Crippen LogP contribution >= 0.6 is 11.6 Å². The lowest BCUT2D eigenvalue weighted by atomic mass is 10.1. The van der Waals surface area contributed by atoms with E-state index in [0.717, 1.165) is 27.9 Å². The Labute approximate surface area is 167 Å². The Bertz CT molecular complexity index is 1120. The van der Waals surface area contributed by atoms with Crippen molar-refractivity contribution in [2.45, 2.75) is 0 Å². The second-order valence-electron chi connectivity index (χ2n) is 6.24. The molecular weight excluding hydrogens is 374 g/mol. The molecule has 3 N–H and O–H groups in total. The number of aromatic amines is 1. The van der Waals surface area contributed by atoms with E-state index in [1.165, 1.54) is 0 Å². The molecule has 0 fully saturated rings. The van der Waals surface area contributed by atoms with Crippen LogP contribution in [0.25, 0.3) is 22.2 Å². The van der Waals surface area contributed by atoms with Crippen LogP contribution in [-0.2, 0) is 0 Å². The van der Waals surface area contributed by atoms with Crippen molar-refractivity contribution in [2.24, 2.45) is 0 Å². The molecule has 4 rings (SSSR count). The number of H-pyrrole nitrogens is 1. The average molecular weight is 392 g/mol. The van der Waals surface area contributed by atoms with Gasteiger partial charge in [0.1, 0.15) is 5.75 Å². The average Bonchev–Trinajstić information content (AvgIpc) is 3.07. The van der Waals surface area contributed by atoms with Crippen molar-refractivity contribution in [3.8, 4) is 17.0 Å². The summed E-state index contributed by atoms with van der Waals surface area (Å²) in [5.74, 6) is 0.729. The second-order valence-corrected chi connectivity index (χ2v) is 6.67. The molecule has 140 valence electrons. The van der Waals surface area contributed by atoms with Crippen LogP contribution in [0.3, 0.4) is 0 Å².